The standard InChI is InChI=1S/C9H9NO2/c1-12-8(11)9(7-10)5-3-2-4-6-9/h3-6H,2H2,1H3. The number of hydrogen-bond donors (Lipinski definition) is 0. The predicted octanol–water partition coefficient (Wildman–Crippen LogP) is 1.19. The van der Waals surface area contributed by atoms with Crippen molar-refractivity contribution in [3.05, 3.63) is 24.3 Å². The minimum atomic E-state index is -1.19. The third-order valence-corrected chi connectivity index (χ3v) is 1.74. The SMILES string of the molecule is COC(=O)C1(C#N)C=CCC=C1. The second-order valence-corrected chi connectivity index (χ2v) is 2.51. The summed E-state index contributed by atoms with van der Waals surface area (Å²) in [6, 6.07) is 1.92. The molecule has 0 amide bonds. The zero-order valence-corrected chi connectivity index (χ0v) is 6.78. The highest BCUT2D eigenvalue weighted by atomic mass is 16.5. The number of allylic oxidation sites excluding steroid dienone is 2. The molecular formula is C9H9NO2. The summed E-state index contributed by atoms with van der Waals surface area (Å²) in [6.07, 6.45) is 7.46. The number of ether oxygens (including phenoxy) is 1. The van der Waals surface area contributed by atoms with Crippen LogP contribution >= 0.6 is 0 Å². The van der Waals surface area contributed by atoms with E-state index in [1.54, 1.807) is 24.3 Å². The molecule has 0 N–H and O–H groups in total. The van der Waals surface area contributed by atoms with Gasteiger partial charge in [-0.25, -0.2) is 4.79 Å². The fourth-order valence-corrected chi connectivity index (χ4v) is 1.07. The van der Waals surface area contributed by atoms with Crippen molar-refractivity contribution in [2.24, 2.45) is 5.41 Å². The Bertz CT molecular complexity index is 271. The van der Waals surface area contributed by atoms with Crippen LogP contribution in [0.3, 0.4) is 0 Å². The molecule has 62 valence electrons. The summed E-state index contributed by atoms with van der Waals surface area (Å²) >= 11 is 0. The van der Waals surface area contributed by atoms with Crippen LogP contribution in [0, 0.1) is 16.7 Å². The van der Waals surface area contributed by atoms with E-state index in [1.165, 1.54) is 7.11 Å². The van der Waals surface area contributed by atoms with E-state index in [-0.39, 0.29) is 0 Å². The summed E-state index contributed by atoms with van der Waals surface area (Å²) in [4.78, 5) is 11.2. The molecule has 1 aliphatic rings. The van der Waals surface area contributed by atoms with Crippen LogP contribution < -0.4 is 0 Å². The fourth-order valence-electron chi connectivity index (χ4n) is 1.07. The van der Waals surface area contributed by atoms with E-state index in [4.69, 9.17) is 5.26 Å². The molecule has 0 fully saturated rings. The Labute approximate surface area is 70.9 Å². The van der Waals surface area contributed by atoms with Crippen LogP contribution in [-0.4, -0.2) is 13.1 Å². The van der Waals surface area contributed by atoms with Gasteiger partial charge < -0.3 is 4.74 Å². The summed E-state index contributed by atoms with van der Waals surface area (Å²) in [5.74, 6) is -0.530. The Morgan fingerprint density at radius 2 is 2.17 bits per heavy atom. The van der Waals surface area contributed by atoms with E-state index in [9.17, 15) is 4.79 Å². The molecule has 0 aromatic heterocycles. The molecule has 0 aromatic rings. The average molecular weight is 163 g/mol. The molecule has 0 heterocycles. The summed E-state index contributed by atoms with van der Waals surface area (Å²) in [7, 11) is 1.28. The summed E-state index contributed by atoms with van der Waals surface area (Å²) in [6.45, 7) is 0. The van der Waals surface area contributed by atoms with Crippen LogP contribution in [0.1, 0.15) is 6.42 Å². The van der Waals surface area contributed by atoms with E-state index in [0.29, 0.717) is 0 Å². The monoisotopic (exact) mass is 163 g/mol. The van der Waals surface area contributed by atoms with Gasteiger partial charge >= 0.3 is 5.97 Å². The second-order valence-electron chi connectivity index (χ2n) is 2.51. The number of methoxy groups -OCH3 is 1. The molecule has 0 aromatic carbocycles. The number of carbonyl (C=O) groups excluding carboxylic acids is 1. The van der Waals surface area contributed by atoms with Crippen LogP contribution in [0.15, 0.2) is 24.3 Å². The first-order valence-electron chi connectivity index (χ1n) is 3.60. The van der Waals surface area contributed by atoms with Crippen molar-refractivity contribution < 1.29 is 9.53 Å². The maximum Gasteiger partial charge on any atom is 0.334 e. The van der Waals surface area contributed by atoms with Crippen molar-refractivity contribution >= 4 is 5.97 Å². The molecule has 0 spiro atoms. The van der Waals surface area contributed by atoms with Gasteiger partial charge in [0, 0.05) is 0 Å². The van der Waals surface area contributed by atoms with Gasteiger partial charge in [0.05, 0.1) is 13.2 Å². The van der Waals surface area contributed by atoms with Gasteiger partial charge in [0.2, 0.25) is 0 Å². The Kier molecular flexibility index (Phi) is 2.29. The van der Waals surface area contributed by atoms with Gasteiger partial charge in [-0.1, -0.05) is 24.3 Å². The van der Waals surface area contributed by atoms with Gasteiger partial charge in [-0.05, 0) is 6.42 Å². The van der Waals surface area contributed by atoms with E-state index in [1.807, 2.05) is 6.07 Å². The average Bonchev–Trinajstić information content (AvgIpc) is 2.17. The van der Waals surface area contributed by atoms with Gasteiger partial charge in [-0.2, -0.15) is 5.26 Å². The molecule has 0 bridgehead atoms. The Balaban J connectivity index is 2.98. The van der Waals surface area contributed by atoms with Crippen molar-refractivity contribution in [1.29, 1.82) is 5.26 Å². The van der Waals surface area contributed by atoms with Crippen molar-refractivity contribution in [2.45, 2.75) is 6.42 Å². The molecular weight excluding hydrogens is 154 g/mol. The van der Waals surface area contributed by atoms with Crippen LogP contribution in [-0.2, 0) is 9.53 Å². The first-order valence-corrected chi connectivity index (χ1v) is 3.60. The minimum absolute atomic E-state index is 0.530. The number of esters is 1. The Hall–Kier alpha value is -1.56. The molecule has 12 heavy (non-hydrogen) atoms. The lowest BCUT2D eigenvalue weighted by molar-refractivity contribution is -0.145. The normalized spacial score (nSPS) is 18.3. The van der Waals surface area contributed by atoms with Gasteiger partial charge in [0.25, 0.3) is 0 Å². The van der Waals surface area contributed by atoms with Crippen LogP contribution in [0.5, 0.6) is 0 Å². The summed E-state index contributed by atoms with van der Waals surface area (Å²) in [5, 5.41) is 8.79. The topological polar surface area (TPSA) is 50.1 Å². The van der Waals surface area contributed by atoms with Gasteiger partial charge in [-0.15, -0.1) is 0 Å². The van der Waals surface area contributed by atoms with E-state index in [0.717, 1.165) is 6.42 Å². The predicted molar refractivity (Wildman–Crippen MR) is 43.0 cm³/mol. The van der Waals surface area contributed by atoms with Gasteiger partial charge in [-0.3, -0.25) is 0 Å². The van der Waals surface area contributed by atoms with Gasteiger partial charge in [0.15, 0.2) is 5.41 Å². The van der Waals surface area contributed by atoms with Crippen molar-refractivity contribution in [1.82, 2.24) is 0 Å². The zero-order chi connectivity index (χ0) is 9.03. The number of carbonyl (C=O) groups is 1. The number of nitrogens with zero attached hydrogens (tertiary/aromatic N) is 1. The van der Waals surface area contributed by atoms with Crippen molar-refractivity contribution in [3.63, 3.8) is 0 Å². The second kappa shape index (κ2) is 3.22. The Morgan fingerprint density at radius 3 is 2.58 bits per heavy atom. The molecule has 3 nitrogen and oxygen atoms in total. The van der Waals surface area contributed by atoms with Crippen LogP contribution in [0.2, 0.25) is 0 Å². The van der Waals surface area contributed by atoms with Gasteiger partial charge in [0.1, 0.15) is 0 Å². The highest BCUT2D eigenvalue weighted by molar-refractivity contribution is 5.85. The lowest BCUT2D eigenvalue weighted by atomic mass is 9.86. The highest BCUT2D eigenvalue weighted by Gasteiger charge is 2.35. The maximum atomic E-state index is 11.2. The largest absolute Gasteiger partial charge is 0.467 e. The highest BCUT2D eigenvalue weighted by Crippen LogP contribution is 2.25. The van der Waals surface area contributed by atoms with Crippen LogP contribution in [0.4, 0.5) is 0 Å². The zero-order valence-electron chi connectivity index (χ0n) is 6.78. The lowest BCUT2D eigenvalue weighted by Gasteiger charge is -2.17. The van der Waals surface area contributed by atoms with E-state index >= 15 is 0 Å². The molecule has 0 saturated heterocycles. The third kappa shape index (κ3) is 1.24. The fraction of sp³-hybridized carbons (Fsp3) is 0.333. The first-order chi connectivity index (χ1) is 5.75. The van der Waals surface area contributed by atoms with E-state index in [2.05, 4.69) is 4.74 Å². The molecule has 0 aliphatic heterocycles. The summed E-state index contributed by atoms with van der Waals surface area (Å²) < 4.78 is 4.52. The molecule has 0 radical (unpaired) electrons. The number of nitriles is 1. The first kappa shape index (κ1) is 8.54. The van der Waals surface area contributed by atoms with E-state index < -0.39 is 11.4 Å². The lowest BCUT2D eigenvalue weighted by Crippen LogP contribution is -2.27. The molecule has 0 unspecified atom stereocenters. The van der Waals surface area contributed by atoms with Crippen LogP contribution in [0.25, 0.3) is 0 Å². The number of hydrogen-bond acceptors (Lipinski definition) is 3. The Morgan fingerprint density at radius 1 is 1.58 bits per heavy atom. The molecule has 3 heteroatoms. The van der Waals surface area contributed by atoms with Crippen molar-refractivity contribution in [3.8, 4) is 6.07 Å². The van der Waals surface area contributed by atoms with Crippen molar-refractivity contribution in [2.75, 3.05) is 7.11 Å². The summed E-state index contributed by atoms with van der Waals surface area (Å²) in [5.41, 5.74) is -1.19. The molecule has 1 aliphatic carbocycles. The molecule has 0 atom stereocenters. The molecule has 1 rings (SSSR count). The quantitative estimate of drug-likeness (QED) is 0.431. The number of rotatable bonds is 1. The minimum Gasteiger partial charge on any atom is -0.467 e. The third-order valence-electron chi connectivity index (χ3n) is 1.74. The smallest absolute Gasteiger partial charge is 0.334 e. The molecule has 0 saturated carbocycles. The maximum absolute atomic E-state index is 11.2.